The molecule has 1 aromatic heterocycles. The number of aromatic hydroxyl groups is 2. The lowest BCUT2D eigenvalue weighted by molar-refractivity contribution is -0.148. The molecule has 3 heterocycles. The summed E-state index contributed by atoms with van der Waals surface area (Å²) in [5.74, 6) is 7.30. The molecule has 2 aliphatic rings. The number of hydrogen-bond acceptors (Lipinski definition) is 8. The summed E-state index contributed by atoms with van der Waals surface area (Å²) in [5.41, 5.74) is 5.39. The van der Waals surface area contributed by atoms with Gasteiger partial charge in [0.1, 0.15) is 17.6 Å². The number of benzene rings is 2. The van der Waals surface area contributed by atoms with Crippen molar-refractivity contribution in [1.82, 2.24) is 15.6 Å². The average molecular weight is 666 g/mol. The summed E-state index contributed by atoms with van der Waals surface area (Å²) in [6.45, 7) is 4.53. The highest BCUT2D eigenvalue weighted by Gasteiger charge is 2.25. The Labute approximate surface area is 288 Å². The van der Waals surface area contributed by atoms with Crippen LogP contribution in [0.25, 0.3) is 0 Å². The van der Waals surface area contributed by atoms with Crippen LogP contribution in [-0.2, 0) is 27.2 Å². The summed E-state index contributed by atoms with van der Waals surface area (Å²) in [7, 11) is 1.48. The number of fused-ring (bicyclic) bond motifs is 2. The van der Waals surface area contributed by atoms with Gasteiger partial charge in [-0.2, -0.15) is 0 Å². The second-order valence-electron chi connectivity index (χ2n) is 12.9. The molecule has 0 saturated heterocycles. The first-order valence-corrected chi connectivity index (χ1v) is 17.1. The van der Waals surface area contributed by atoms with Gasteiger partial charge in [0.15, 0.2) is 11.5 Å². The molecule has 2 aromatic carbocycles. The molecule has 49 heavy (non-hydrogen) atoms. The van der Waals surface area contributed by atoms with Crippen LogP contribution < -0.4 is 15.4 Å². The van der Waals surface area contributed by atoms with Gasteiger partial charge < -0.3 is 35.3 Å². The largest absolute Gasteiger partial charge is 0.508 e. The van der Waals surface area contributed by atoms with E-state index in [0.717, 1.165) is 48.2 Å². The van der Waals surface area contributed by atoms with Crippen molar-refractivity contribution in [2.45, 2.75) is 76.7 Å². The molecule has 5 rings (SSSR count). The number of phenolic OH excluding ortho intramolecular Hbond substituents is 2. The quantitative estimate of drug-likeness (QED) is 0.162. The van der Waals surface area contributed by atoms with Gasteiger partial charge in [0.25, 0.3) is 0 Å². The van der Waals surface area contributed by atoms with Gasteiger partial charge in [-0.25, -0.2) is 0 Å². The molecule has 3 aromatic rings. The third-order valence-corrected chi connectivity index (χ3v) is 9.42. The second kappa shape index (κ2) is 16.8. The van der Waals surface area contributed by atoms with Gasteiger partial charge in [0.05, 0.1) is 25.4 Å². The van der Waals surface area contributed by atoms with Crippen molar-refractivity contribution < 1.29 is 29.3 Å². The molecule has 0 fully saturated rings. The second-order valence-corrected chi connectivity index (χ2v) is 12.9. The van der Waals surface area contributed by atoms with E-state index < -0.39 is 18.0 Å². The van der Waals surface area contributed by atoms with Crippen molar-refractivity contribution in [3.8, 4) is 29.1 Å². The summed E-state index contributed by atoms with van der Waals surface area (Å²) >= 11 is 0. The maximum atomic E-state index is 13.5. The molecule has 0 saturated carbocycles. The number of aromatic nitrogens is 1. The lowest BCUT2D eigenvalue weighted by Crippen LogP contribution is -2.30. The maximum Gasteiger partial charge on any atom is 0.302 e. The highest BCUT2D eigenvalue weighted by atomic mass is 16.5. The van der Waals surface area contributed by atoms with Gasteiger partial charge >= 0.3 is 5.97 Å². The number of methoxy groups -OCH3 is 1. The van der Waals surface area contributed by atoms with Crippen molar-refractivity contribution in [3.63, 3.8) is 0 Å². The van der Waals surface area contributed by atoms with Crippen LogP contribution in [-0.4, -0.2) is 53.3 Å². The number of ether oxygens (including phenoxy) is 2. The van der Waals surface area contributed by atoms with Gasteiger partial charge in [-0.3, -0.25) is 9.59 Å². The minimum absolute atomic E-state index is 0.00511. The van der Waals surface area contributed by atoms with E-state index in [1.165, 1.54) is 25.2 Å². The minimum atomic E-state index is -0.528. The standard InChI is InChI=1S/C40H47N3O6/c1-4-27-10-12-36(49-26(2)44)23-35(46)18-28(29-11-13-38(47)39(21-29)48-3)8-6-15-42-40-22-31(14-16-43-40)37(30-7-5-9-34(45)19-30)20-33-25-41-24-32(33)17-27/h5,7,9,11,13-14,19,21-22,24-25,27-28,36-37,41-43,45,47H,4,10,12,15-18,20,23H2,1-3H3/t27-,28+,36-,37+/m1/s1. The number of phenols is 2. The van der Waals surface area contributed by atoms with Crippen molar-refractivity contribution in [2.24, 2.45) is 5.92 Å². The zero-order chi connectivity index (χ0) is 34.8. The fourth-order valence-corrected chi connectivity index (χ4v) is 6.77. The Bertz CT molecular complexity index is 1750. The smallest absolute Gasteiger partial charge is 0.302 e. The van der Waals surface area contributed by atoms with Crippen LogP contribution in [0.3, 0.4) is 0 Å². The predicted octanol–water partition coefficient (Wildman–Crippen LogP) is 6.15. The number of carbonyl (C=O) groups excluding carboxylic acids is 2. The predicted molar refractivity (Wildman–Crippen MR) is 189 cm³/mol. The zero-order valence-corrected chi connectivity index (χ0v) is 28.6. The molecule has 0 spiro atoms. The van der Waals surface area contributed by atoms with Gasteiger partial charge in [-0.15, -0.1) is 0 Å². The SMILES string of the molecule is CC[C@@H]1CC[C@@H](OC(C)=O)CC(=O)C[C@@H](c2ccc(O)c(OC)c2)C#CCNC2=CC(=CCN2)[C@H](c2cccc(O)c2)Cc2c[nH]cc2C1. The number of nitrogens with one attached hydrogen (secondary N) is 3. The number of H-pyrrole nitrogens is 1. The number of dihydropyridines is 1. The summed E-state index contributed by atoms with van der Waals surface area (Å²) in [6.07, 6.45) is 12.1. The average Bonchev–Trinajstić information content (AvgIpc) is 3.52. The lowest BCUT2D eigenvalue weighted by atomic mass is 9.82. The molecule has 2 aliphatic heterocycles. The number of carbonyl (C=O) groups is 2. The number of ketones is 1. The van der Waals surface area contributed by atoms with Crippen molar-refractivity contribution in [2.75, 3.05) is 20.2 Å². The highest BCUT2D eigenvalue weighted by molar-refractivity contribution is 5.81. The van der Waals surface area contributed by atoms with Crippen LogP contribution >= 0.6 is 0 Å². The van der Waals surface area contributed by atoms with Crippen LogP contribution in [0.15, 0.2) is 78.4 Å². The zero-order valence-electron chi connectivity index (χ0n) is 28.6. The number of hydrogen-bond donors (Lipinski definition) is 5. The fraction of sp³-hybridized carbons (Fsp3) is 0.400. The van der Waals surface area contributed by atoms with E-state index >= 15 is 0 Å². The minimum Gasteiger partial charge on any atom is -0.508 e. The third-order valence-electron chi connectivity index (χ3n) is 9.42. The Balaban J connectivity index is 1.50. The van der Waals surface area contributed by atoms with E-state index in [1.54, 1.807) is 24.3 Å². The summed E-state index contributed by atoms with van der Waals surface area (Å²) in [6, 6.07) is 12.5. The molecule has 258 valence electrons. The topological polar surface area (TPSA) is 133 Å². The third kappa shape index (κ3) is 9.73. The normalized spacial score (nSPS) is 22.1. The molecular weight excluding hydrogens is 618 g/mol. The molecule has 0 aliphatic carbocycles. The molecule has 2 bridgehead atoms. The Morgan fingerprint density at radius 1 is 0.980 bits per heavy atom. The van der Waals surface area contributed by atoms with E-state index in [2.05, 4.69) is 65.0 Å². The summed E-state index contributed by atoms with van der Waals surface area (Å²) in [4.78, 5) is 29.0. The Morgan fingerprint density at radius 2 is 1.80 bits per heavy atom. The molecule has 5 N–H and O–H groups in total. The molecule has 0 radical (unpaired) electrons. The number of rotatable bonds is 5. The van der Waals surface area contributed by atoms with Crippen molar-refractivity contribution in [1.29, 1.82) is 0 Å². The van der Waals surface area contributed by atoms with Crippen LogP contribution in [0.4, 0.5) is 0 Å². The Morgan fingerprint density at radius 3 is 2.55 bits per heavy atom. The van der Waals surface area contributed by atoms with Crippen LogP contribution in [0.2, 0.25) is 0 Å². The van der Waals surface area contributed by atoms with Crippen LogP contribution in [0.1, 0.15) is 80.0 Å². The molecule has 4 atom stereocenters. The molecular formula is C40H47N3O6. The van der Waals surface area contributed by atoms with Crippen molar-refractivity contribution in [3.05, 3.63) is 101 Å². The van der Waals surface area contributed by atoms with E-state index in [0.29, 0.717) is 31.2 Å². The van der Waals surface area contributed by atoms with Crippen molar-refractivity contribution >= 4 is 11.8 Å². The Hall–Kier alpha value is -5.10. The summed E-state index contributed by atoms with van der Waals surface area (Å²) < 4.78 is 11.0. The van der Waals surface area contributed by atoms with Gasteiger partial charge in [-0.05, 0) is 89.8 Å². The number of allylic oxidation sites excluding steroid dienone is 2. The van der Waals surface area contributed by atoms with E-state index in [4.69, 9.17) is 9.47 Å². The van der Waals surface area contributed by atoms with Gasteiger partial charge in [-0.1, -0.05) is 49.5 Å². The van der Waals surface area contributed by atoms with Crippen LogP contribution in [0, 0.1) is 17.8 Å². The highest BCUT2D eigenvalue weighted by Crippen LogP contribution is 2.35. The molecule has 0 amide bonds. The first kappa shape index (κ1) is 35.2. The summed E-state index contributed by atoms with van der Waals surface area (Å²) in [5, 5.41) is 27.4. The van der Waals surface area contributed by atoms with Crippen LogP contribution in [0.5, 0.6) is 17.2 Å². The number of aromatic amines is 1. The first-order chi connectivity index (χ1) is 23.7. The number of Topliss-reactive ketones (excluding diaryl/α,β-unsaturated/α-hetero) is 1. The maximum absolute atomic E-state index is 13.5. The molecule has 9 nitrogen and oxygen atoms in total. The van der Waals surface area contributed by atoms with E-state index in [9.17, 15) is 19.8 Å². The monoisotopic (exact) mass is 665 g/mol. The van der Waals surface area contributed by atoms with E-state index in [1.807, 2.05) is 12.1 Å². The number of esters is 1. The molecule has 9 heteroatoms. The van der Waals surface area contributed by atoms with E-state index in [-0.39, 0.29) is 36.0 Å². The fourth-order valence-electron chi connectivity index (χ4n) is 6.77. The Kier molecular flexibility index (Phi) is 12.1. The van der Waals surface area contributed by atoms with Gasteiger partial charge in [0, 0.05) is 44.6 Å². The lowest BCUT2D eigenvalue weighted by Gasteiger charge is -2.25. The molecule has 0 unspecified atom stereocenters. The first-order valence-electron chi connectivity index (χ1n) is 17.1. The van der Waals surface area contributed by atoms with Gasteiger partial charge in [0.2, 0.25) is 0 Å².